The molecule has 144 valence electrons. The van der Waals surface area contributed by atoms with Crippen molar-refractivity contribution in [2.75, 3.05) is 18.4 Å². The van der Waals surface area contributed by atoms with Crippen LogP contribution in [0.3, 0.4) is 0 Å². The summed E-state index contributed by atoms with van der Waals surface area (Å²) in [7, 11) is 0. The molecule has 3 aromatic rings. The van der Waals surface area contributed by atoms with Crippen molar-refractivity contribution in [1.82, 2.24) is 20.0 Å². The zero-order chi connectivity index (χ0) is 19.3. The van der Waals surface area contributed by atoms with Crippen molar-refractivity contribution in [1.29, 1.82) is 0 Å². The van der Waals surface area contributed by atoms with E-state index in [4.69, 9.17) is 4.52 Å². The highest BCUT2D eigenvalue weighted by molar-refractivity contribution is 9.10. The molecule has 1 aromatic carbocycles. The van der Waals surface area contributed by atoms with Gasteiger partial charge in [0.2, 0.25) is 17.6 Å². The summed E-state index contributed by atoms with van der Waals surface area (Å²) >= 11 is 3.45. The van der Waals surface area contributed by atoms with E-state index in [1.54, 1.807) is 18.5 Å². The minimum Gasteiger partial charge on any atom is -0.338 e. The first kappa shape index (κ1) is 18.8. The van der Waals surface area contributed by atoms with Crippen LogP contribution in [0.2, 0.25) is 0 Å². The van der Waals surface area contributed by atoms with Gasteiger partial charge in [0.15, 0.2) is 0 Å². The normalized spacial score (nSPS) is 17.4. The van der Waals surface area contributed by atoms with Crippen LogP contribution in [-0.4, -0.2) is 39.0 Å². The smallest absolute Gasteiger partial charge is 0.241 e. The summed E-state index contributed by atoms with van der Waals surface area (Å²) in [4.78, 5) is 23.3. The quantitative estimate of drug-likeness (QED) is 0.648. The molecule has 2 aromatic heterocycles. The van der Waals surface area contributed by atoms with Gasteiger partial charge in [0.05, 0.1) is 24.3 Å². The first-order valence-corrected chi connectivity index (χ1v) is 9.98. The van der Waals surface area contributed by atoms with E-state index in [9.17, 15) is 4.79 Å². The summed E-state index contributed by atoms with van der Waals surface area (Å²) in [6.07, 6.45) is 5.17. The average Bonchev–Trinajstić information content (AvgIpc) is 3.17. The first-order valence-electron chi connectivity index (χ1n) is 9.19. The highest BCUT2D eigenvalue weighted by atomic mass is 79.9. The van der Waals surface area contributed by atoms with Gasteiger partial charge in [-0.3, -0.25) is 14.7 Å². The number of pyridine rings is 1. The molecule has 1 unspecified atom stereocenters. The van der Waals surface area contributed by atoms with E-state index in [1.807, 2.05) is 30.3 Å². The number of piperidine rings is 1. The lowest BCUT2D eigenvalue weighted by Gasteiger charge is -2.30. The lowest BCUT2D eigenvalue weighted by molar-refractivity contribution is -0.121. The number of likely N-dealkylation sites (tertiary alicyclic amines) is 1. The fraction of sp³-hybridized carbons (Fsp3) is 0.300. The highest BCUT2D eigenvalue weighted by Gasteiger charge is 2.27. The lowest BCUT2D eigenvalue weighted by atomic mass is 9.97. The molecule has 0 bridgehead atoms. The van der Waals surface area contributed by atoms with Crippen molar-refractivity contribution >= 4 is 27.5 Å². The maximum Gasteiger partial charge on any atom is 0.241 e. The molecule has 4 rings (SSSR count). The lowest BCUT2D eigenvalue weighted by Crippen LogP contribution is -2.40. The predicted molar refractivity (Wildman–Crippen MR) is 108 cm³/mol. The van der Waals surface area contributed by atoms with Crippen molar-refractivity contribution in [3.05, 3.63) is 59.2 Å². The van der Waals surface area contributed by atoms with Crippen LogP contribution < -0.4 is 5.32 Å². The first-order chi connectivity index (χ1) is 13.7. The van der Waals surface area contributed by atoms with Crippen molar-refractivity contribution in [2.45, 2.75) is 19.4 Å². The molecule has 1 fully saturated rings. The van der Waals surface area contributed by atoms with Crippen molar-refractivity contribution in [3.8, 4) is 11.4 Å². The standard InChI is InChI=1S/C20H20BrN5O2/c21-16-6-1-4-14(10-16)19-24-18(28-25-19)13-26-9-3-5-15(12-26)20(27)23-17-7-2-8-22-11-17/h1-2,4,6-8,10-11,15H,3,5,9,12-13H2,(H,23,27). The van der Waals surface area contributed by atoms with Crippen LogP contribution in [0, 0.1) is 5.92 Å². The summed E-state index contributed by atoms with van der Waals surface area (Å²) < 4.78 is 6.39. The van der Waals surface area contributed by atoms with Crippen molar-refractivity contribution in [2.24, 2.45) is 5.92 Å². The molecule has 3 heterocycles. The Morgan fingerprint density at radius 2 is 2.25 bits per heavy atom. The summed E-state index contributed by atoms with van der Waals surface area (Å²) in [5.41, 5.74) is 1.62. The van der Waals surface area contributed by atoms with Gasteiger partial charge in [0.1, 0.15) is 0 Å². The molecule has 1 amide bonds. The van der Waals surface area contributed by atoms with Gasteiger partial charge in [-0.2, -0.15) is 4.98 Å². The number of anilines is 1. The fourth-order valence-corrected chi connectivity index (χ4v) is 3.75. The average molecular weight is 442 g/mol. The zero-order valence-electron chi connectivity index (χ0n) is 15.2. The number of benzene rings is 1. The van der Waals surface area contributed by atoms with Gasteiger partial charge in [-0.25, -0.2) is 0 Å². The highest BCUT2D eigenvalue weighted by Crippen LogP contribution is 2.23. The molecule has 0 saturated carbocycles. The Morgan fingerprint density at radius 3 is 3.07 bits per heavy atom. The molecule has 1 atom stereocenters. The Morgan fingerprint density at radius 1 is 1.32 bits per heavy atom. The molecular formula is C20H20BrN5O2. The third kappa shape index (κ3) is 4.63. The van der Waals surface area contributed by atoms with Gasteiger partial charge < -0.3 is 9.84 Å². The Bertz CT molecular complexity index is 947. The zero-order valence-corrected chi connectivity index (χ0v) is 16.8. The van der Waals surface area contributed by atoms with Crippen LogP contribution in [0.15, 0.2) is 57.8 Å². The molecule has 1 aliphatic heterocycles. The number of hydrogen-bond donors (Lipinski definition) is 1. The van der Waals surface area contributed by atoms with Crippen LogP contribution in [0.1, 0.15) is 18.7 Å². The Kier molecular flexibility index (Phi) is 5.78. The number of nitrogens with one attached hydrogen (secondary N) is 1. The van der Waals surface area contributed by atoms with Gasteiger partial charge in [-0.1, -0.05) is 33.2 Å². The molecule has 0 spiro atoms. The fourth-order valence-electron chi connectivity index (χ4n) is 3.35. The summed E-state index contributed by atoms with van der Waals surface area (Å²) in [6.45, 7) is 2.11. The monoisotopic (exact) mass is 441 g/mol. The third-order valence-electron chi connectivity index (χ3n) is 4.72. The number of carbonyl (C=O) groups excluding carboxylic acids is 1. The van der Waals surface area contributed by atoms with Crippen molar-refractivity contribution < 1.29 is 9.32 Å². The summed E-state index contributed by atoms with van der Waals surface area (Å²) in [5.74, 6) is 1.09. The number of nitrogens with zero attached hydrogens (tertiary/aromatic N) is 4. The molecule has 28 heavy (non-hydrogen) atoms. The molecule has 8 heteroatoms. The van der Waals surface area contributed by atoms with Gasteiger partial charge in [-0.05, 0) is 43.7 Å². The Hall–Kier alpha value is -2.58. The number of amides is 1. The maximum atomic E-state index is 12.6. The van der Waals surface area contributed by atoms with Crippen molar-refractivity contribution in [3.63, 3.8) is 0 Å². The SMILES string of the molecule is O=C(Nc1cccnc1)C1CCCN(Cc2nc(-c3cccc(Br)c3)no2)C1. The molecular weight excluding hydrogens is 422 g/mol. The van der Waals surface area contributed by atoms with E-state index in [2.05, 4.69) is 41.3 Å². The van der Waals surface area contributed by atoms with Crippen LogP contribution in [-0.2, 0) is 11.3 Å². The van der Waals surface area contributed by atoms with Crippen LogP contribution >= 0.6 is 15.9 Å². The molecule has 7 nitrogen and oxygen atoms in total. The number of halogens is 1. The summed E-state index contributed by atoms with van der Waals surface area (Å²) in [6, 6.07) is 11.4. The van der Waals surface area contributed by atoms with Crippen LogP contribution in [0.4, 0.5) is 5.69 Å². The van der Waals surface area contributed by atoms with E-state index in [0.717, 1.165) is 35.1 Å². The maximum absolute atomic E-state index is 12.6. The van der Waals surface area contributed by atoms with Gasteiger partial charge in [0.25, 0.3) is 0 Å². The minimum atomic E-state index is -0.0681. The number of rotatable bonds is 5. The number of aromatic nitrogens is 3. The van der Waals surface area contributed by atoms with E-state index in [1.165, 1.54) is 0 Å². The second-order valence-corrected chi connectivity index (χ2v) is 7.74. The Labute approximate surface area is 171 Å². The van der Waals surface area contributed by atoms with E-state index in [-0.39, 0.29) is 11.8 Å². The number of hydrogen-bond acceptors (Lipinski definition) is 6. The van der Waals surface area contributed by atoms with E-state index >= 15 is 0 Å². The molecule has 1 aliphatic rings. The van der Waals surface area contributed by atoms with Gasteiger partial charge >= 0.3 is 0 Å². The topological polar surface area (TPSA) is 84.2 Å². The molecule has 0 aliphatic carbocycles. The van der Waals surface area contributed by atoms with Gasteiger partial charge in [-0.15, -0.1) is 0 Å². The van der Waals surface area contributed by atoms with Crippen LogP contribution in [0.25, 0.3) is 11.4 Å². The second kappa shape index (κ2) is 8.62. The van der Waals surface area contributed by atoms with Crippen LogP contribution in [0.5, 0.6) is 0 Å². The van der Waals surface area contributed by atoms with Gasteiger partial charge in [0, 0.05) is 22.8 Å². The van der Waals surface area contributed by atoms with E-state index in [0.29, 0.717) is 24.8 Å². The number of carbonyl (C=O) groups is 1. The summed E-state index contributed by atoms with van der Waals surface area (Å²) in [5, 5.41) is 7.03. The predicted octanol–water partition coefficient (Wildman–Crippen LogP) is 3.74. The molecule has 0 radical (unpaired) electrons. The minimum absolute atomic E-state index is 0.0260. The third-order valence-corrected chi connectivity index (χ3v) is 5.21. The molecule has 1 N–H and O–H groups in total. The second-order valence-electron chi connectivity index (χ2n) is 6.83. The largest absolute Gasteiger partial charge is 0.338 e. The van der Waals surface area contributed by atoms with E-state index < -0.39 is 0 Å². The molecule has 1 saturated heterocycles. The Balaban J connectivity index is 1.37.